The lowest BCUT2D eigenvalue weighted by Crippen LogP contribution is -2.40. The van der Waals surface area contributed by atoms with Crippen LogP contribution in [0.25, 0.3) is 0 Å². The molecule has 1 aliphatic carbocycles. The van der Waals surface area contributed by atoms with Crippen molar-refractivity contribution in [1.82, 2.24) is 10.2 Å². The summed E-state index contributed by atoms with van der Waals surface area (Å²) in [5.74, 6) is 0. The molecule has 2 aliphatic rings. The van der Waals surface area contributed by atoms with E-state index in [2.05, 4.69) is 30.3 Å². The molecular formula is C13H24N2O. The van der Waals surface area contributed by atoms with Crippen LogP contribution in [-0.2, 0) is 4.74 Å². The monoisotopic (exact) mass is 224 g/mol. The molecule has 0 aromatic rings. The van der Waals surface area contributed by atoms with E-state index in [1.165, 1.54) is 18.4 Å². The summed E-state index contributed by atoms with van der Waals surface area (Å²) in [5.41, 5.74) is 1.41. The van der Waals surface area contributed by atoms with E-state index in [0.29, 0.717) is 6.04 Å². The van der Waals surface area contributed by atoms with Crippen LogP contribution in [0.5, 0.6) is 0 Å². The Morgan fingerprint density at radius 1 is 1.56 bits per heavy atom. The van der Waals surface area contributed by atoms with Gasteiger partial charge in [0.05, 0.1) is 13.2 Å². The van der Waals surface area contributed by atoms with Crippen molar-refractivity contribution in [2.24, 2.45) is 0 Å². The Morgan fingerprint density at radius 3 is 3.00 bits per heavy atom. The predicted molar refractivity (Wildman–Crippen MR) is 66.6 cm³/mol. The fraction of sp³-hybridized carbons (Fsp3) is 0.846. The highest BCUT2D eigenvalue weighted by Gasteiger charge is 2.28. The van der Waals surface area contributed by atoms with Crippen LogP contribution in [0.3, 0.4) is 0 Å². The molecule has 92 valence electrons. The first-order valence-corrected chi connectivity index (χ1v) is 6.45. The van der Waals surface area contributed by atoms with E-state index in [9.17, 15) is 0 Å². The molecule has 3 heteroatoms. The molecule has 1 N–H and O–H groups in total. The largest absolute Gasteiger partial charge is 0.377 e. The van der Waals surface area contributed by atoms with Gasteiger partial charge in [-0.05, 0) is 38.8 Å². The van der Waals surface area contributed by atoms with E-state index in [1.54, 1.807) is 0 Å². The van der Waals surface area contributed by atoms with Gasteiger partial charge >= 0.3 is 0 Å². The molecule has 0 radical (unpaired) electrons. The van der Waals surface area contributed by atoms with E-state index < -0.39 is 0 Å². The zero-order valence-electron chi connectivity index (χ0n) is 10.5. The van der Waals surface area contributed by atoms with Crippen LogP contribution in [0.4, 0.5) is 0 Å². The van der Waals surface area contributed by atoms with Crippen LogP contribution < -0.4 is 5.32 Å². The molecule has 1 heterocycles. The first-order chi connectivity index (χ1) is 7.77. The minimum Gasteiger partial charge on any atom is -0.377 e. The van der Waals surface area contributed by atoms with Crippen molar-refractivity contribution in [3.05, 3.63) is 11.6 Å². The second-order valence-corrected chi connectivity index (χ2v) is 5.08. The van der Waals surface area contributed by atoms with Gasteiger partial charge in [-0.15, -0.1) is 0 Å². The average molecular weight is 224 g/mol. The van der Waals surface area contributed by atoms with E-state index in [4.69, 9.17) is 4.74 Å². The lowest BCUT2D eigenvalue weighted by atomic mass is 10.2. The molecule has 1 aliphatic heterocycles. The maximum absolute atomic E-state index is 5.42. The summed E-state index contributed by atoms with van der Waals surface area (Å²) in [6.07, 6.45) is 6.17. The zero-order chi connectivity index (χ0) is 11.4. The van der Waals surface area contributed by atoms with Gasteiger partial charge in [0, 0.05) is 25.2 Å². The first-order valence-electron chi connectivity index (χ1n) is 6.45. The summed E-state index contributed by atoms with van der Waals surface area (Å²) in [5, 5.41) is 3.53. The van der Waals surface area contributed by atoms with Crippen LogP contribution in [-0.4, -0.2) is 50.3 Å². The van der Waals surface area contributed by atoms with Crippen molar-refractivity contribution in [3.63, 3.8) is 0 Å². The number of rotatable bonds is 6. The van der Waals surface area contributed by atoms with E-state index in [1.807, 2.05) is 0 Å². The molecule has 0 aromatic carbocycles. The molecule has 0 saturated heterocycles. The summed E-state index contributed by atoms with van der Waals surface area (Å²) in [6.45, 7) is 6.08. The summed E-state index contributed by atoms with van der Waals surface area (Å²) in [6, 6.07) is 1.49. The number of ether oxygens (including phenoxy) is 1. The second-order valence-electron chi connectivity index (χ2n) is 5.08. The van der Waals surface area contributed by atoms with Gasteiger partial charge < -0.3 is 10.1 Å². The van der Waals surface area contributed by atoms with Crippen LogP contribution in [0.1, 0.15) is 26.2 Å². The van der Waals surface area contributed by atoms with Crippen molar-refractivity contribution in [2.75, 3.05) is 33.4 Å². The molecule has 0 aromatic heterocycles. The van der Waals surface area contributed by atoms with Gasteiger partial charge in [0.25, 0.3) is 0 Å². The molecule has 16 heavy (non-hydrogen) atoms. The average Bonchev–Trinajstić information content (AvgIpc) is 3.13. The minimum atomic E-state index is 0.637. The molecule has 0 amide bonds. The van der Waals surface area contributed by atoms with Crippen molar-refractivity contribution in [2.45, 2.75) is 38.3 Å². The maximum Gasteiger partial charge on any atom is 0.0689 e. The van der Waals surface area contributed by atoms with Crippen LogP contribution in [0, 0.1) is 0 Å². The number of hydrogen-bond acceptors (Lipinski definition) is 3. The lowest BCUT2D eigenvalue weighted by Gasteiger charge is -2.25. The summed E-state index contributed by atoms with van der Waals surface area (Å²) >= 11 is 0. The number of hydrogen-bond donors (Lipinski definition) is 1. The predicted octanol–water partition coefficient (Wildman–Crippen LogP) is 1.41. The molecule has 1 unspecified atom stereocenters. The number of likely N-dealkylation sites (N-methyl/N-ethyl adjacent to an activating group) is 1. The maximum atomic E-state index is 5.42. The molecule has 1 atom stereocenters. The van der Waals surface area contributed by atoms with Gasteiger partial charge in [-0.1, -0.05) is 6.08 Å². The zero-order valence-corrected chi connectivity index (χ0v) is 10.5. The Hall–Kier alpha value is -0.380. The van der Waals surface area contributed by atoms with Gasteiger partial charge in [-0.25, -0.2) is 0 Å². The third-order valence-corrected chi connectivity index (χ3v) is 3.59. The smallest absolute Gasteiger partial charge is 0.0689 e. The quantitative estimate of drug-likeness (QED) is 0.690. The highest BCUT2D eigenvalue weighted by atomic mass is 16.5. The third kappa shape index (κ3) is 3.58. The van der Waals surface area contributed by atoms with Gasteiger partial charge in [0.15, 0.2) is 0 Å². The highest BCUT2D eigenvalue weighted by molar-refractivity contribution is 5.06. The van der Waals surface area contributed by atoms with Crippen molar-refractivity contribution < 1.29 is 4.74 Å². The van der Waals surface area contributed by atoms with Gasteiger partial charge in [-0.2, -0.15) is 0 Å². The Morgan fingerprint density at radius 2 is 2.38 bits per heavy atom. The molecule has 3 nitrogen and oxygen atoms in total. The number of nitrogens with one attached hydrogen (secondary N) is 1. The molecule has 1 saturated carbocycles. The Labute approximate surface area is 98.8 Å². The number of nitrogens with zero attached hydrogens (tertiary/aromatic N) is 1. The first kappa shape index (κ1) is 12.1. The highest BCUT2D eigenvalue weighted by Crippen LogP contribution is 2.26. The van der Waals surface area contributed by atoms with Gasteiger partial charge in [0.2, 0.25) is 0 Å². The Balaban J connectivity index is 1.61. The van der Waals surface area contributed by atoms with E-state index in [0.717, 1.165) is 38.8 Å². The standard InChI is InChI=1S/C13H24N2O/c1-11(15(2)13-5-6-13)8-14-9-12-4-3-7-16-10-12/h4,11,13-14H,3,5-10H2,1-2H3. The third-order valence-electron chi connectivity index (χ3n) is 3.59. The fourth-order valence-corrected chi connectivity index (χ4v) is 2.16. The van der Waals surface area contributed by atoms with Gasteiger partial charge in [-0.3, -0.25) is 4.90 Å². The molecular weight excluding hydrogens is 200 g/mol. The summed E-state index contributed by atoms with van der Waals surface area (Å²) in [7, 11) is 2.24. The second kappa shape index (κ2) is 5.80. The van der Waals surface area contributed by atoms with Crippen LogP contribution in [0.2, 0.25) is 0 Å². The Bertz CT molecular complexity index is 248. The van der Waals surface area contributed by atoms with Crippen LogP contribution in [0.15, 0.2) is 11.6 Å². The van der Waals surface area contributed by atoms with E-state index in [-0.39, 0.29) is 0 Å². The Kier molecular flexibility index (Phi) is 4.38. The topological polar surface area (TPSA) is 24.5 Å². The SMILES string of the molecule is CC(CNCC1=CCCOC1)N(C)C1CC1. The summed E-state index contributed by atoms with van der Waals surface area (Å²) < 4.78 is 5.42. The molecule has 0 spiro atoms. The van der Waals surface area contributed by atoms with E-state index >= 15 is 0 Å². The van der Waals surface area contributed by atoms with Crippen molar-refractivity contribution in [3.8, 4) is 0 Å². The van der Waals surface area contributed by atoms with Crippen molar-refractivity contribution >= 4 is 0 Å². The molecule has 0 bridgehead atoms. The molecule has 2 rings (SSSR count). The van der Waals surface area contributed by atoms with Crippen LogP contribution >= 0.6 is 0 Å². The summed E-state index contributed by atoms with van der Waals surface area (Å²) in [4.78, 5) is 2.50. The molecule has 1 fully saturated rings. The van der Waals surface area contributed by atoms with Crippen molar-refractivity contribution in [1.29, 1.82) is 0 Å². The minimum absolute atomic E-state index is 0.637. The normalized spacial score (nSPS) is 23.3. The fourth-order valence-electron chi connectivity index (χ4n) is 2.16. The van der Waals surface area contributed by atoms with Gasteiger partial charge in [0.1, 0.15) is 0 Å². The lowest BCUT2D eigenvalue weighted by molar-refractivity contribution is 0.148.